The predicted molar refractivity (Wildman–Crippen MR) is 228 cm³/mol. The van der Waals surface area contributed by atoms with E-state index in [1.807, 2.05) is 30.3 Å². The molecular formula is C47H37N7O9. The van der Waals surface area contributed by atoms with Crippen molar-refractivity contribution in [2.75, 3.05) is 23.3 Å². The van der Waals surface area contributed by atoms with Crippen molar-refractivity contribution < 1.29 is 42.4 Å². The van der Waals surface area contributed by atoms with Gasteiger partial charge >= 0.3 is 0 Å². The van der Waals surface area contributed by atoms with E-state index in [1.54, 1.807) is 72.8 Å². The van der Waals surface area contributed by atoms with Crippen LogP contribution in [0.1, 0.15) is 67.3 Å². The SMILES string of the molecule is O=C1CCC(N2C(=O)c3cccc(NCCNC(=O)C(NC(=O)C(c4cccnc4)N(C(=O)c4ccco4)c4ccc5c(c4)oc4ccccc45)c4ccccc4)c3C2=O)C(=O)N1. The Morgan fingerprint density at radius 1 is 0.794 bits per heavy atom. The van der Waals surface area contributed by atoms with Gasteiger partial charge in [-0.1, -0.05) is 60.7 Å². The highest BCUT2D eigenvalue weighted by Crippen LogP contribution is 2.36. The van der Waals surface area contributed by atoms with Gasteiger partial charge in [-0.05, 0) is 60.5 Å². The molecule has 0 aliphatic carbocycles. The van der Waals surface area contributed by atoms with Gasteiger partial charge in [-0.25, -0.2) is 0 Å². The smallest absolute Gasteiger partial charge is 0.294 e. The van der Waals surface area contributed by atoms with Gasteiger partial charge in [0.25, 0.3) is 17.7 Å². The normalized spacial score (nSPS) is 15.7. The Labute approximate surface area is 358 Å². The van der Waals surface area contributed by atoms with Gasteiger partial charge in [0.05, 0.1) is 17.4 Å². The zero-order chi connectivity index (χ0) is 43.6. The molecule has 3 unspecified atom stereocenters. The van der Waals surface area contributed by atoms with Gasteiger partial charge in [-0.15, -0.1) is 0 Å². The molecule has 0 saturated carbocycles. The molecule has 314 valence electrons. The highest BCUT2D eigenvalue weighted by molar-refractivity contribution is 6.25. The molecule has 63 heavy (non-hydrogen) atoms. The number of nitrogens with zero attached hydrogens (tertiary/aromatic N) is 3. The zero-order valence-corrected chi connectivity index (χ0v) is 33.3. The minimum Gasteiger partial charge on any atom is -0.459 e. The third kappa shape index (κ3) is 7.65. The first-order valence-corrected chi connectivity index (χ1v) is 20.1. The van der Waals surface area contributed by atoms with Crippen LogP contribution in [-0.4, -0.2) is 70.4 Å². The zero-order valence-electron chi connectivity index (χ0n) is 33.3. The highest BCUT2D eigenvalue weighted by atomic mass is 16.3. The fourth-order valence-electron chi connectivity index (χ4n) is 8.04. The number of para-hydroxylation sites is 1. The average Bonchev–Trinajstić information content (AvgIpc) is 4.04. The molecule has 0 bridgehead atoms. The van der Waals surface area contributed by atoms with Crippen molar-refractivity contribution >= 4 is 74.7 Å². The number of aromatic nitrogens is 1. The molecule has 2 aliphatic heterocycles. The summed E-state index contributed by atoms with van der Waals surface area (Å²) in [7, 11) is 0. The number of pyridine rings is 1. The molecule has 9 rings (SSSR count). The Morgan fingerprint density at radius 3 is 2.37 bits per heavy atom. The van der Waals surface area contributed by atoms with E-state index >= 15 is 0 Å². The van der Waals surface area contributed by atoms with Gasteiger partial charge in [0.15, 0.2) is 5.76 Å². The van der Waals surface area contributed by atoms with Gasteiger partial charge in [0.2, 0.25) is 23.6 Å². The Hall–Kier alpha value is -8.40. The summed E-state index contributed by atoms with van der Waals surface area (Å²) >= 11 is 0. The molecule has 7 aromatic rings. The first kappa shape index (κ1) is 40.0. The summed E-state index contributed by atoms with van der Waals surface area (Å²) in [6.45, 7) is 0.0961. The molecule has 3 atom stereocenters. The van der Waals surface area contributed by atoms with Crippen LogP contribution in [0.4, 0.5) is 11.4 Å². The molecule has 7 amide bonds. The number of carbonyl (C=O) groups is 7. The molecule has 16 nitrogen and oxygen atoms in total. The quantitative estimate of drug-likeness (QED) is 0.0847. The van der Waals surface area contributed by atoms with E-state index in [0.717, 1.165) is 15.7 Å². The van der Waals surface area contributed by atoms with Crippen LogP contribution in [-0.2, 0) is 19.2 Å². The van der Waals surface area contributed by atoms with Gasteiger partial charge in [0.1, 0.15) is 29.3 Å². The van der Waals surface area contributed by atoms with E-state index in [4.69, 9.17) is 8.83 Å². The van der Waals surface area contributed by atoms with E-state index < -0.39 is 59.5 Å². The number of anilines is 2. The molecule has 3 aromatic heterocycles. The third-order valence-corrected chi connectivity index (χ3v) is 11.0. The summed E-state index contributed by atoms with van der Waals surface area (Å²) in [6.07, 6.45) is 4.38. The number of rotatable bonds is 13. The number of furan rings is 2. The minimum absolute atomic E-state index is 0.00729. The molecule has 0 spiro atoms. The van der Waals surface area contributed by atoms with Crippen molar-refractivity contribution in [3.63, 3.8) is 0 Å². The van der Waals surface area contributed by atoms with Crippen LogP contribution >= 0.6 is 0 Å². The Morgan fingerprint density at radius 2 is 1.59 bits per heavy atom. The van der Waals surface area contributed by atoms with Crippen LogP contribution < -0.4 is 26.2 Å². The van der Waals surface area contributed by atoms with Crippen LogP contribution in [0.3, 0.4) is 0 Å². The van der Waals surface area contributed by atoms with E-state index in [-0.39, 0.29) is 42.8 Å². The van der Waals surface area contributed by atoms with Crippen LogP contribution in [0, 0.1) is 0 Å². The lowest BCUT2D eigenvalue weighted by Gasteiger charge is -2.32. The number of hydrogen-bond donors (Lipinski definition) is 4. The average molecular weight is 844 g/mol. The Balaban J connectivity index is 0.972. The molecule has 1 saturated heterocycles. The van der Waals surface area contributed by atoms with Crippen LogP contribution in [0.2, 0.25) is 0 Å². The number of carbonyl (C=O) groups excluding carboxylic acids is 7. The van der Waals surface area contributed by atoms with Crippen molar-refractivity contribution in [1.82, 2.24) is 25.8 Å². The summed E-state index contributed by atoms with van der Waals surface area (Å²) in [5.74, 6) is -4.48. The van der Waals surface area contributed by atoms with Crippen LogP contribution in [0.15, 0.2) is 143 Å². The summed E-state index contributed by atoms with van der Waals surface area (Å²) in [6, 6.07) is 28.6. The predicted octanol–water partition coefficient (Wildman–Crippen LogP) is 5.45. The monoisotopic (exact) mass is 843 g/mol. The molecule has 1 fully saturated rings. The van der Waals surface area contributed by atoms with Gasteiger partial charge in [-0.2, -0.15) is 0 Å². The first-order chi connectivity index (χ1) is 30.7. The molecular weight excluding hydrogens is 807 g/mol. The van der Waals surface area contributed by atoms with Crippen LogP contribution in [0.25, 0.3) is 21.9 Å². The van der Waals surface area contributed by atoms with Gasteiger partial charge < -0.3 is 24.8 Å². The molecule has 4 aromatic carbocycles. The number of fused-ring (bicyclic) bond motifs is 4. The number of amides is 7. The van der Waals surface area contributed by atoms with Crippen molar-refractivity contribution in [3.05, 3.63) is 162 Å². The third-order valence-electron chi connectivity index (χ3n) is 11.0. The van der Waals surface area contributed by atoms with Gasteiger partial charge in [-0.3, -0.25) is 53.7 Å². The second-order valence-electron chi connectivity index (χ2n) is 14.9. The van der Waals surface area contributed by atoms with Gasteiger partial charge in [0, 0.05) is 65.7 Å². The summed E-state index contributed by atoms with van der Waals surface area (Å²) in [5, 5.41) is 12.7. The molecule has 2 aliphatic rings. The Bertz CT molecular complexity index is 2930. The van der Waals surface area contributed by atoms with Crippen LogP contribution in [0.5, 0.6) is 0 Å². The lowest BCUT2D eigenvalue weighted by molar-refractivity contribution is -0.136. The van der Waals surface area contributed by atoms with E-state index in [0.29, 0.717) is 33.7 Å². The molecule has 5 heterocycles. The largest absolute Gasteiger partial charge is 0.459 e. The standard InChI is InChI=1S/C47H37N7O9/c55-38-20-19-34(42(56)51-38)54-45(59)32-13-6-14-33(39(32)47(54)61)49-22-23-50-43(57)40(27-9-2-1-3-10-27)52-44(58)41(28-11-7-21-48-26-28)53(46(60)36-16-8-24-62-36)29-17-18-31-30-12-4-5-15-35(30)63-37(31)25-29/h1-18,21,24-26,34,40-41,49H,19-20,22-23H2,(H,50,57)(H,52,58)(H,51,55,56). The van der Waals surface area contributed by atoms with E-state index in [9.17, 15) is 33.6 Å². The number of hydrogen-bond acceptors (Lipinski definition) is 11. The number of piperidine rings is 1. The second-order valence-corrected chi connectivity index (χ2v) is 14.9. The maximum Gasteiger partial charge on any atom is 0.294 e. The molecule has 16 heteroatoms. The number of imide groups is 2. The first-order valence-electron chi connectivity index (χ1n) is 20.1. The van der Waals surface area contributed by atoms with Crippen molar-refractivity contribution in [2.24, 2.45) is 0 Å². The van der Waals surface area contributed by atoms with Crippen molar-refractivity contribution in [2.45, 2.75) is 31.0 Å². The minimum atomic E-state index is -1.38. The Kier molecular flexibility index (Phi) is 10.8. The van der Waals surface area contributed by atoms with Crippen molar-refractivity contribution in [3.8, 4) is 0 Å². The fourth-order valence-corrected chi connectivity index (χ4v) is 8.04. The second kappa shape index (κ2) is 16.9. The topological polar surface area (TPSA) is 213 Å². The summed E-state index contributed by atoms with van der Waals surface area (Å²) < 4.78 is 11.7. The van der Waals surface area contributed by atoms with Crippen molar-refractivity contribution in [1.29, 1.82) is 0 Å². The summed E-state index contributed by atoms with van der Waals surface area (Å²) in [4.78, 5) is 101. The molecule has 4 N–H and O–H groups in total. The maximum absolute atomic E-state index is 14.9. The summed E-state index contributed by atoms with van der Waals surface area (Å²) in [5.41, 5.74) is 2.72. The lowest BCUT2D eigenvalue weighted by Crippen LogP contribution is -2.54. The van der Waals surface area contributed by atoms with E-state index in [2.05, 4.69) is 26.3 Å². The number of nitrogens with one attached hydrogen (secondary N) is 4. The van der Waals surface area contributed by atoms with E-state index in [1.165, 1.54) is 35.7 Å². The lowest BCUT2D eigenvalue weighted by atomic mass is 10.0. The highest BCUT2D eigenvalue weighted by Gasteiger charge is 2.45. The maximum atomic E-state index is 14.9. The molecule has 0 radical (unpaired) electrons. The number of benzene rings is 4. The fraction of sp³-hybridized carbons (Fsp3) is 0.149.